The summed E-state index contributed by atoms with van der Waals surface area (Å²) in [6.45, 7) is 4.15. The standard InChI is InChI=1S/C66H124NO8P/c1-6-8-10-12-14-16-18-20-22-24-25-26-27-28-29-30-31-32-33-34-35-36-37-38-39-40-41-43-44-46-48-50-52-54-56-58-65(68)72-62-64(63-74-76(70,71)73-61-60-67(3,4)5)75-66(69)59-57-55-53-51-49-47-45-42-23-21-19-17-15-13-11-9-7-2/h9,11,15,17,21,23-25,64H,6-8,10,12-14,16,18-20,22,26-63H2,1-5H3/b11-9-,17-15-,23-21-,25-24-. The van der Waals surface area contributed by atoms with Gasteiger partial charge in [0.25, 0.3) is 7.82 Å². The van der Waals surface area contributed by atoms with Gasteiger partial charge in [0.05, 0.1) is 27.7 Å². The summed E-state index contributed by atoms with van der Waals surface area (Å²) in [4.78, 5) is 37.9. The SMILES string of the molecule is CC/C=C\C/C=C\C/C=C\CCCCCCCCCC(=O)OC(COC(=O)CCCCCCCCCCCCCCCCCCCCCCCCC/C=C\CCCCCCCCCC)COP(=O)([O-])OCC[N+](C)(C)C. The molecule has 0 amide bonds. The molecule has 0 spiro atoms. The van der Waals surface area contributed by atoms with E-state index in [9.17, 15) is 19.0 Å². The molecule has 0 rings (SSSR count). The summed E-state index contributed by atoms with van der Waals surface area (Å²) < 4.78 is 34.2. The molecule has 0 N–H and O–H groups in total. The number of carbonyl (C=O) groups excluding carboxylic acids is 2. The monoisotopic (exact) mass is 1090 g/mol. The van der Waals surface area contributed by atoms with Gasteiger partial charge in [0.1, 0.15) is 19.8 Å². The maximum Gasteiger partial charge on any atom is 0.306 e. The molecule has 0 aromatic heterocycles. The van der Waals surface area contributed by atoms with Crippen LogP contribution in [-0.4, -0.2) is 70.0 Å². The molecule has 2 atom stereocenters. The zero-order valence-electron chi connectivity index (χ0n) is 50.7. The topological polar surface area (TPSA) is 111 Å². The normalized spacial score (nSPS) is 13.5. The number of ether oxygens (including phenoxy) is 2. The molecule has 2 unspecified atom stereocenters. The smallest absolute Gasteiger partial charge is 0.306 e. The highest BCUT2D eigenvalue weighted by Gasteiger charge is 2.22. The Morgan fingerprint density at radius 2 is 0.750 bits per heavy atom. The Morgan fingerprint density at radius 1 is 0.421 bits per heavy atom. The molecular weight excluding hydrogens is 966 g/mol. The van der Waals surface area contributed by atoms with Crippen molar-refractivity contribution in [3.8, 4) is 0 Å². The number of hydrogen-bond donors (Lipinski definition) is 0. The first kappa shape index (κ1) is 74.0. The second-order valence-corrected chi connectivity index (χ2v) is 24.5. The minimum Gasteiger partial charge on any atom is -0.756 e. The van der Waals surface area contributed by atoms with Gasteiger partial charge in [-0.2, -0.15) is 0 Å². The third-order valence-electron chi connectivity index (χ3n) is 14.3. The van der Waals surface area contributed by atoms with E-state index in [0.29, 0.717) is 17.4 Å². The molecule has 9 nitrogen and oxygen atoms in total. The van der Waals surface area contributed by atoms with Crippen LogP contribution < -0.4 is 4.89 Å². The third kappa shape index (κ3) is 61.2. The van der Waals surface area contributed by atoms with Gasteiger partial charge in [-0.3, -0.25) is 14.2 Å². The Balaban J connectivity index is 3.95. The van der Waals surface area contributed by atoms with Crippen LogP contribution in [0.25, 0.3) is 0 Å². The van der Waals surface area contributed by atoms with Gasteiger partial charge in [-0.25, -0.2) is 0 Å². The Kier molecular flexibility index (Phi) is 56.1. The maximum absolute atomic E-state index is 12.8. The van der Waals surface area contributed by atoms with Crippen molar-refractivity contribution in [2.75, 3.05) is 47.5 Å². The van der Waals surface area contributed by atoms with E-state index in [0.717, 1.165) is 64.2 Å². The first-order chi connectivity index (χ1) is 37.0. The number of esters is 2. The number of rotatable bonds is 60. The fraction of sp³-hybridized carbons (Fsp3) is 0.848. The van der Waals surface area contributed by atoms with Gasteiger partial charge >= 0.3 is 11.9 Å². The van der Waals surface area contributed by atoms with E-state index in [4.69, 9.17) is 18.5 Å². The molecule has 0 aromatic rings. The van der Waals surface area contributed by atoms with Crippen molar-refractivity contribution in [2.45, 2.75) is 315 Å². The number of unbranched alkanes of at least 4 members (excludes halogenated alkanes) is 38. The van der Waals surface area contributed by atoms with Crippen LogP contribution in [0, 0.1) is 0 Å². The first-order valence-corrected chi connectivity index (χ1v) is 33.8. The highest BCUT2D eigenvalue weighted by atomic mass is 31.2. The van der Waals surface area contributed by atoms with Crippen LogP contribution in [0.1, 0.15) is 309 Å². The van der Waals surface area contributed by atoms with Crippen molar-refractivity contribution < 1.29 is 42.1 Å². The lowest BCUT2D eigenvalue weighted by molar-refractivity contribution is -0.870. The van der Waals surface area contributed by atoms with Gasteiger partial charge in [-0.15, -0.1) is 0 Å². The molecule has 446 valence electrons. The molecule has 0 aliphatic carbocycles. The Labute approximate surface area is 471 Å². The molecule has 0 heterocycles. The van der Waals surface area contributed by atoms with E-state index in [1.165, 1.54) is 212 Å². The van der Waals surface area contributed by atoms with Gasteiger partial charge in [-0.1, -0.05) is 274 Å². The van der Waals surface area contributed by atoms with E-state index in [2.05, 4.69) is 62.5 Å². The van der Waals surface area contributed by atoms with E-state index < -0.39 is 26.5 Å². The lowest BCUT2D eigenvalue weighted by Crippen LogP contribution is -2.37. The third-order valence-corrected chi connectivity index (χ3v) is 15.3. The minimum absolute atomic E-state index is 0.0326. The zero-order valence-corrected chi connectivity index (χ0v) is 51.6. The fourth-order valence-electron chi connectivity index (χ4n) is 9.37. The van der Waals surface area contributed by atoms with Crippen LogP contribution in [0.15, 0.2) is 48.6 Å². The lowest BCUT2D eigenvalue weighted by Gasteiger charge is -2.28. The van der Waals surface area contributed by atoms with Crippen molar-refractivity contribution in [3.05, 3.63) is 48.6 Å². The number of nitrogens with zero attached hydrogens (tertiary/aromatic N) is 1. The second kappa shape index (κ2) is 57.6. The van der Waals surface area contributed by atoms with Crippen molar-refractivity contribution in [3.63, 3.8) is 0 Å². The van der Waals surface area contributed by atoms with Gasteiger partial charge in [-0.05, 0) is 70.6 Å². The van der Waals surface area contributed by atoms with Gasteiger partial charge in [0, 0.05) is 12.8 Å². The Hall–Kier alpha value is -2.03. The van der Waals surface area contributed by atoms with E-state index in [1.54, 1.807) is 0 Å². The molecule has 0 saturated carbocycles. The van der Waals surface area contributed by atoms with Crippen LogP contribution in [-0.2, 0) is 32.7 Å². The maximum atomic E-state index is 12.8. The van der Waals surface area contributed by atoms with Crippen LogP contribution in [0.4, 0.5) is 0 Å². The molecule has 0 fully saturated rings. The number of quaternary nitrogens is 1. The van der Waals surface area contributed by atoms with E-state index in [-0.39, 0.29) is 32.0 Å². The Morgan fingerprint density at radius 3 is 1.13 bits per heavy atom. The predicted octanol–water partition coefficient (Wildman–Crippen LogP) is 19.9. The summed E-state index contributed by atoms with van der Waals surface area (Å²) in [6.07, 6.45) is 73.4. The average Bonchev–Trinajstić information content (AvgIpc) is 3.38. The van der Waals surface area contributed by atoms with Crippen molar-refractivity contribution in [1.29, 1.82) is 0 Å². The largest absolute Gasteiger partial charge is 0.756 e. The average molecular weight is 1090 g/mol. The van der Waals surface area contributed by atoms with Crippen LogP contribution in [0.2, 0.25) is 0 Å². The number of phosphoric acid groups is 1. The number of phosphoric ester groups is 1. The van der Waals surface area contributed by atoms with Crippen LogP contribution in [0.5, 0.6) is 0 Å². The highest BCUT2D eigenvalue weighted by Crippen LogP contribution is 2.38. The number of hydrogen-bond acceptors (Lipinski definition) is 8. The molecule has 0 saturated heterocycles. The predicted molar refractivity (Wildman–Crippen MR) is 324 cm³/mol. The van der Waals surface area contributed by atoms with Crippen LogP contribution in [0.3, 0.4) is 0 Å². The molecular formula is C66H124NO8P. The van der Waals surface area contributed by atoms with Crippen molar-refractivity contribution in [1.82, 2.24) is 0 Å². The molecule has 0 radical (unpaired) electrons. The van der Waals surface area contributed by atoms with Crippen molar-refractivity contribution in [2.24, 2.45) is 0 Å². The summed E-state index contributed by atoms with van der Waals surface area (Å²) in [6, 6.07) is 0. The summed E-state index contributed by atoms with van der Waals surface area (Å²) in [7, 11) is 1.17. The van der Waals surface area contributed by atoms with Gasteiger partial charge in [0.2, 0.25) is 0 Å². The quantitative estimate of drug-likeness (QED) is 0.0195. The molecule has 0 aliphatic heterocycles. The van der Waals surface area contributed by atoms with Crippen molar-refractivity contribution >= 4 is 19.8 Å². The molecule has 10 heteroatoms. The van der Waals surface area contributed by atoms with Gasteiger partial charge < -0.3 is 27.9 Å². The first-order valence-electron chi connectivity index (χ1n) is 32.3. The fourth-order valence-corrected chi connectivity index (χ4v) is 10.1. The van der Waals surface area contributed by atoms with E-state index in [1.807, 2.05) is 21.1 Å². The number of likely N-dealkylation sites (N-methyl/N-ethyl adjacent to an activating group) is 1. The number of carbonyl (C=O) groups is 2. The molecule has 0 aromatic carbocycles. The summed E-state index contributed by atoms with van der Waals surface area (Å²) in [5.41, 5.74) is 0. The zero-order chi connectivity index (χ0) is 55.6. The van der Waals surface area contributed by atoms with Crippen LogP contribution >= 0.6 is 7.82 Å². The summed E-state index contributed by atoms with van der Waals surface area (Å²) in [5, 5.41) is 0. The summed E-state index contributed by atoms with van der Waals surface area (Å²) in [5.74, 6) is -0.833. The van der Waals surface area contributed by atoms with E-state index >= 15 is 0 Å². The highest BCUT2D eigenvalue weighted by molar-refractivity contribution is 7.45. The Bertz CT molecular complexity index is 1420. The lowest BCUT2D eigenvalue weighted by atomic mass is 10.0. The number of allylic oxidation sites excluding steroid dienone is 8. The molecule has 76 heavy (non-hydrogen) atoms. The molecule has 0 aliphatic rings. The minimum atomic E-state index is -4.64. The summed E-state index contributed by atoms with van der Waals surface area (Å²) >= 11 is 0. The second-order valence-electron chi connectivity index (χ2n) is 23.1. The molecule has 0 bridgehead atoms. The van der Waals surface area contributed by atoms with Gasteiger partial charge in [0.15, 0.2) is 6.10 Å².